The first-order chi connectivity index (χ1) is 15.1. The molecule has 3 heterocycles. The van der Waals surface area contributed by atoms with E-state index in [0.717, 1.165) is 18.4 Å². The Balaban J connectivity index is 1.59. The number of aliphatic imine (C=N–C) groups is 1. The van der Waals surface area contributed by atoms with Crippen molar-refractivity contribution < 1.29 is 17.7 Å². The summed E-state index contributed by atoms with van der Waals surface area (Å²) in [4.78, 5) is 21.5. The molecule has 0 saturated heterocycles. The Hall–Kier alpha value is -3.16. The average Bonchev–Trinajstić information content (AvgIpc) is 3.17. The van der Waals surface area contributed by atoms with Gasteiger partial charge in [-0.05, 0) is 51.8 Å². The summed E-state index contributed by atoms with van der Waals surface area (Å²) < 4.78 is 33.8. The van der Waals surface area contributed by atoms with Crippen molar-refractivity contribution in [1.29, 1.82) is 0 Å². The van der Waals surface area contributed by atoms with Crippen LogP contribution in [0.1, 0.15) is 47.1 Å². The van der Waals surface area contributed by atoms with Gasteiger partial charge in [-0.3, -0.25) is 14.6 Å². The summed E-state index contributed by atoms with van der Waals surface area (Å²) in [5.41, 5.74) is 1.86. The summed E-state index contributed by atoms with van der Waals surface area (Å²) >= 11 is 0. The number of nitrogens with zero attached hydrogens (tertiary/aromatic N) is 4. The van der Waals surface area contributed by atoms with Gasteiger partial charge in [-0.15, -0.1) is 6.42 Å². The summed E-state index contributed by atoms with van der Waals surface area (Å²) in [5, 5.41) is 3.97. The van der Waals surface area contributed by atoms with Gasteiger partial charge in [-0.1, -0.05) is 11.1 Å². The van der Waals surface area contributed by atoms with Crippen molar-refractivity contribution in [2.75, 3.05) is 11.4 Å². The van der Waals surface area contributed by atoms with Crippen LogP contribution in [-0.4, -0.2) is 48.5 Å². The standard InChI is InChI=1S/C22H23N5O4S/c1-5-15-11-23-21-26(12-18-13(2)24-31-14(18)3)20(28)17-10-16(6-7-19(17)27(15)21)32(29,30)25-22(4)8-9-22/h1,6-7,10,15,25H,8-9,11-12H2,2-4H3/t15-/m0/s1. The molecule has 1 amide bonds. The molecule has 32 heavy (non-hydrogen) atoms. The van der Waals surface area contributed by atoms with Crippen LogP contribution in [0.5, 0.6) is 0 Å². The van der Waals surface area contributed by atoms with Crippen LogP contribution in [0.25, 0.3) is 0 Å². The van der Waals surface area contributed by atoms with E-state index in [-0.39, 0.29) is 29.0 Å². The van der Waals surface area contributed by atoms with Gasteiger partial charge in [0.15, 0.2) is 0 Å². The lowest BCUT2D eigenvalue weighted by Crippen LogP contribution is -2.52. The lowest BCUT2D eigenvalue weighted by Gasteiger charge is -2.37. The van der Waals surface area contributed by atoms with Crippen molar-refractivity contribution in [2.24, 2.45) is 4.99 Å². The minimum atomic E-state index is -3.77. The number of guanidine groups is 1. The molecule has 0 radical (unpaired) electrons. The zero-order valence-corrected chi connectivity index (χ0v) is 18.9. The molecule has 10 heteroatoms. The molecule has 1 atom stereocenters. The second-order valence-corrected chi connectivity index (χ2v) is 10.4. The molecule has 1 aliphatic carbocycles. The highest BCUT2D eigenvalue weighted by molar-refractivity contribution is 7.89. The lowest BCUT2D eigenvalue weighted by atomic mass is 10.1. The number of carbonyl (C=O) groups is 1. The molecule has 1 aromatic heterocycles. The second kappa shape index (κ2) is 6.92. The predicted octanol–water partition coefficient (Wildman–Crippen LogP) is 1.96. The summed E-state index contributed by atoms with van der Waals surface area (Å²) in [6, 6.07) is 4.20. The minimum absolute atomic E-state index is 0.0480. The fourth-order valence-corrected chi connectivity index (χ4v) is 5.58. The van der Waals surface area contributed by atoms with E-state index in [9.17, 15) is 13.2 Å². The number of rotatable bonds is 5. The van der Waals surface area contributed by atoms with Gasteiger partial charge in [0.2, 0.25) is 16.0 Å². The van der Waals surface area contributed by atoms with E-state index >= 15 is 0 Å². The lowest BCUT2D eigenvalue weighted by molar-refractivity contribution is 0.0832. The molecule has 0 spiro atoms. The van der Waals surface area contributed by atoms with E-state index in [1.807, 2.05) is 18.7 Å². The number of terminal acetylenes is 1. The van der Waals surface area contributed by atoms with E-state index in [2.05, 4.69) is 20.8 Å². The molecule has 3 aliphatic rings. The van der Waals surface area contributed by atoms with Crippen LogP contribution in [0.2, 0.25) is 0 Å². The zero-order valence-electron chi connectivity index (χ0n) is 18.0. The van der Waals surface area contributed by atoms with Crippen molar-refractivity contribution in [2.45, 2.75) is 56.6 Å². The van der Waals surface area contributed by atoms with Gasteiger partial charge in [-0.25, -0.2) is 18.1 Å². The van der Waals surface area contributed by atoms with Gasteiger partial charge in [0.05, 0.1) is 34.9 Å². The van der Waals surface area contributed by atoms with Crippen LogP contribution in [0.15, 0.2) is 32.6 Å². The number of amides is 1. The summed E-state index contributed by atoms with van der Waals surface area (Å²) in [5.74, 6) is 3.43. The van der Waals surface area contributed by atoms with Gasteiger partial charge in [-0.2, -0.15) is 0 Å². The van der Waals surface area contributed by atoms with E-state index in [4.69, 9.17) is 10.9 Å². The minimum Gasteiger partial charge on any atom is -0.361 e. The monoisotopic (exact) mass is 453 g/mol. The average molecular weight is 454 g/mol. The van der Waals surface area contributed by atoms with Crippen molar-refractivity contribution in [1.82, 2.24) is 14.8 Å². The van der Waals surface area contributed by atoms with Gasteiger partial charge in [0, 0.05) is 11.1 Å². The Labute approximate surface area is 186 Å². The van der Waals surface area contributed by atoms with Gasteiger partial charge < -0.3 is 4.52 Å². The third-order valence-corrected chi connectivity index (χ3v) is 7.89. The number of hydrogen-bond donors (Lipinski definition) is 1. The number of anilines is 1. The number of nitrogens with one attached hydrogen (secondary N) is 1. The number of aryl methyl sites for hydroxylation is 2. The predicted molar refractivity (Wildman–Crippen MR) is 118 cm³/mol. The molecule has 9 nitrogen and oxygen atoms in total. The maximum absolute atomic E-state index is 13.6. The third-order valence-electron chi connectivity index (χ3n) is 6.26. The molecule has 1 fully saturated rings. The molecule has 166 valence electrons. The first-order valence-corrected chi connectivity index (χ1v) is 11.8. The van der Waals surface area contributed by atoms with E-state index < -0.39 is 15.6 Å². The number of aromatic nitrogens is 1. The first kappa shape index (κ1) is 20.7. The SMILES string of the molecule is C#C[C@H]1CN=C2N(Cc3c(C)noc3C)C(=O)c3cc(S(=O)(=O)NC4(C)CC4)ccc3N21. The molecule has 2 aliphatic heterocycles. The van der Waals surface area contributed by atoms with E-state index in [0.29, 0.717) is 29.6 Å². The fourth-order valence-electron chi connectivity index (χ4n) is 4.08. The van der Waals surface area contributed by atoms with E-state index in [1.54, 1.807) is 13.0 Å². The number of benzene rings is 1. The highest BCUT2D eigenvalue weighted by Gasteiger charge is 2.44. The summed E-state index contributed by atoms with van der Waals surface area (Å²) in [6.45, 7) is 5.99. The Morgan fingerprint density at radius 3 is 2.72 bits per heavy atom. The summed E-state index contributed by atoms with van der Waals surface area (Å²) in [7, 11) is -3.77. The first-order valence-electron chi connectivity index (χ1n) is 10.3. The largest absolute Gasteiger partial charge is 0.361 e. The molecule has 1 aromatic carbocycles. The zero-order chi connectivity index (χ0) is 22.8. The molecule has 0 bridgehead atoms. The second-order valence-electron chi connectivity index (χ2n) is 8.73. The van der Waals surface area contributed by atoms with Crippen molar-refractivity contribution in [3.05, 3.63) is 40.8 Å². The molecule has 1 saturated carbocycles. The maximum Gasteiger partial charge on any atom is 0.263 e. The van der Waals surface area contributed by atoms with Crippen molar-refractivity contribution in [3.8, 4) is 12.3 Å². The van der Waals surface area contributed by atoms with Gasteiger partial charge in [0.25, 0.3) is 5.91 Å². The summed E-state index contributed by atoms with van der Waals surface area (Å²) in [6.07, 6.45) is 7.32. The number of sulfonamides is 1. The van der Waals surface area contributed by atoms with Gasteiger partial charge in [0.1, 0.15) is 11.8 Å². The van der Waals surface area contributed by atoms with Crippen LogP contribution >= 0.6 is 0 Å². The number of carbonyl (C=O) groups excluding carboxylic acids is 1. The van der Waals surface area contributed by atoms with Crippen LogP contribution in [-0.2, 0) is 16.6 Å². The topological polar surface area (TPSA) is 108 Å². The smallest absolute Gasteiger partial charge is 0.263 e. The Kier molecular flexibility index (Phi) is 4.48. The highest BCUT2D eigenvalue weighted by atomic mass is 32.2. The van der Waals surface area contributed by atoms with Crippen LogP contribution in [0, 0.1) is 26.2 Å². The number of fused-ring (bicyclic) bond motifs is 3. The fraction of sp³-hybridized carbons (Fsp3) is 0.409. The Morgan fingerprint density at radius 1 is 1.34 bits per heavy atom. The third kappa shape index (κ3) is 3.20. The molecule has 2 aromatic rings. The molecular weight excluding hydrogens is 430 g/mol. The molecule has 1 N–H and O–H groups in total. The van der Waals surface area contributed by atoms with Gasteiger partial charge >= 0.3 is 0 Å². The van der Waals surface area contributed by atoms with E-state index in [1.165, 1.54) is 17.0 Å². The van der Waals surface area contributed by atoms with Crippen LogP contribution in [0.4, 0.5) is 5.69 Å². The molecule has 5 rings (SSSR count). The molecular formula is C22H23N5O4S. The van der Waals surface area contributed by atoms with Crippen molar-refractivity contribution >= 4 is 27.6 Å². The van der Waals surface area contributed by atoms with Crippen LogP contribution < -0.4 is 9.62 Å². The Morgan fingerprint density at radius 2 is 2.09 bits per heavy atom. The van der Waals surface area contributed by atoms with Crippen LogP contribution in [0.3, 0.4) is 0 Å². The highest BCUT2D eigenvalue weighted by Crippen LogP contribution is 2.38. The normalized spacial score (nSPS) is 21.1. The quantitative estimate of drug-likeness (QED) is 0.694. The maximum atomic E-state index is 13.6. The Bertz CT molecular complexity index is 1300. The number of hydrogen-bond acceptors (Lipinski definition) is 7. The molecule has 0 unspecified atom stereocenters. The van der Waals surface area contributed by atoms with Crippen molar-refractivity contribution in [3.63, 3.8) is 0 Å².